The van der Waals surface area contributed by atoms with E-state index in [0.29, 0.717) is 17.3 Å². The van der Waals surface area contributed by atoms with Gasteiger partial charge in [-0.05, 0) is 63.3 Å². The number of amides is 1. The molecule has 0 saturated carbocycles. The van der Waals surface area contributed by atoms with E-state index in [4.69, 9.17) is 5.84 Å². The molecule has 1 aromatic heterocycles. The van der Waals surface area contributed by atoms with E-state index in [-0.39, 0.29) is 28.1 Å². The van der Waals surface area contributed by atoms with Crippen molar-refractivity contribution < 1.29 is 13.6 Å². The fourth-order valence-electron chi connectivity index (χ4n) is 4.16. The molecule has 1 fully saturated rings. The molecule has 4 rings (SSSR count). The van der Waals surface area contributed by atoms with Crippen LogP contribution in [-0.4, -0.2) is 65.8 Å². The van der Waals surface area contributed by atoms with Gasteiger partial charge in [0.15, 0.2) is 11.6 Å². The van der Waals surface area contributed by atoms with Crippen molar-refractivity contribution in [3.8, 4) is 0 Å². The molecule has 0 aliphatic carbocycles. The molecule has 182 valence electrons. The van der Waals surface area contributed by atoms with Crippen molar-refractivity contribution in [2.45, 2.75) is 18.9 Å². The Morgan fingerprint density at radius 2 is 1.77 bits per heavy atom. The van der Waals surface area contributed by atoms with E-state index in [1.165, 1.54) is 12.3 Å². The molecule has 1 saturated heterocycles. The third-order valence-electron chi connectivity index (χ3n) is 6.23. The number of likely N-dealkylation sites (tertiary alicyclic amines) is 1. The lowest BCUT2D eigenvalue weighted by Crippen LogP contribution is -2.44. The summed E-state index contributed by atoms with van der Waals surface area (Å²) >= 11 is 0. The summed E-state index contributed by atoms with van der Waals surface area (Å²) in [5.74, 6) is 3.35. The molecule has 3 N–H and O–H groups in total. The molecule has 35 heavy (non-hydrogen) atoms. The van der Waals surface area contributed by atoms with Crippen molar-refractivity contribution >= 4 is 34.4 Å². The maximum Gasteiger partial charge on any atom is 0.258 e. The smallest absolute Gasteiger partial charge is 0.258 e. The molecule has 0 atom stereocenters. The number of nitrogens with one attached hydrogen (secondary N) is 1. The van der Waals surface area contributed by atoms with Gasteiger partial charge in [0.25, 0.3) is 11.5 Å². The quantitative estimate of drug-likeness (QED) is 0.333. The van der Waals surface area contributed by atoms with Gasteiger partial charge in [0.05, 0.1) is 23.0 Å². The van der Waals surface area contributed by atoms with E-state index in [9.17, 15) is 18.4 Å². The van der Waals surface area contributed by atoms with Crippen molar-refractivity contribution in [3.63, 3.8) is 0 Å². The summed E-state index contributed by atoms with van der Waals surface area (Å²) in [6.07, 6.45) is 3.19. The van der Waals surface area contributed by atoms with Crippen molar-refractivity contribution in [3.05, 3.63) is 75.6 Å². The van der Waals surface area contributed by atoms with Gasteiger partial charge >= 0.3 is 0 Å². The van der Waals surface area contributed by atoms with Gasteiger partial charge in [-0.1, -0.05) is 0 Å². The average Bonchev–Trinajstić information content (AvgIpc) is 2.86. The first-order chi connectivity index (χ1) is 16.8. The van der Waals surface area contributed by atoms with Crippen LogP contribution in [0.1, 0.15) is 28.8 Å². The van der Waals surface area contributed by atoms with Crippen LogP contribution in [0.15, 0.2) is 57.4 Å². The maximum absolute atomic E-state index is 13.6. The van der Waals surface area contributed by atoms with Crippen LogP contribution in [0, 0.1) is 11.6 Å². The summed E-state index contributed by atoms with van der Waals surface area (Å²) in [5, 5.41) is 3.90. The molecule has 2 aromatic carbocycles. The molecule has 8 nitrogen and oxygen atoms in total. The minimum atomic E-state index is -1.06. The van der Waals surface area contributed by atoms with E-state index in [1.807, 2.05) is 4.90 Å². The summed E-state index contributed by atoms with van der Waals surface area (Å²) in [7, 11) is 4.11. The van der Waals surface area contributed by atoms with E-state index in [1.54, 1.807) is 24.3 Å². The van der Waals surface area contributed by atoms with Gasteiger partial charge in [-0.2, -0.15) is 5.10 Å². The predicted molar refractivity (Wildman–Crippen MR) is 132 cm³/mol. The number of rotatable bonds is 5. The van der Waals surface area contributed by atoms with Gasteiger partial charge in [-0.15, -0.1) is 0 Å². The first-order valence-electron chi connectivity index (χ1n) is 11.2. The zero-order valence-corrected chi connectivity index (χ0v) is 19.5. The number of fused-ring (bicyclic) bond motifs is 1. The van der Waals surface area contributed by atoms with Crippen LogP contribution >= 0.6 is 0 Å². The lowest BCUT2D eigenvalue weighted by Gasteiger charge is -2.35. The fourth-order valence-corrected chi connectivity index (χ4v) is 4.16. The van der Waals surface area contributed by atoms with Gasteiger partial charge in [-0.25, -0.2) is 8.78 Å². The average molecular weight is 481 g/mol. The second kappa shape index (κ2) is 10.1. The number of H-pyrrole nitrogens is 1. The molecule has 1 amide bonds. The standard InChI is InChI=1S/C25H26F2N6O2/c1-32(2)18-7-9-33(10-8-18)25(35)15-3-5-17(6-4-15)29-14-23(31-28)19-11-16-12-20(26)21(27)13-22(16)30-24(19)34/h3-6,11-14,18H,7-10,28H2,1-2H3,(H,30,34). The lowest BCUT2D eigenvalue weighted by molar-refractivity contribution is 0.0663. The zero-order valence-electron chi connectivity index (χ0n) is 19.5. The summed E-state index contributed by atoms with van der Waals surface area (Å²) in [6.45, 7) is 1.43. The molecule has 0 bridgehead atoms. The van der Waals surface area contributed by atoms with Crippen LogP contribution in [0.3, 0.4) is 0 Å². The Kier molecular flexibility index (Phi) is 7.02. The summed E-state index contributed by atoms with van der Waals surface area (Å²) < 4.78 is 27.1. The van der Waals surface area contributed by atoms with Crippen molar-refractivity contribution in [2.75, 3.05) is 27.2 Å². The number of carbonyl (C=O) groups is 1. The van der Waals surface area contributed by atoms with Crippen molar-refractivity contribution in [2.24, 2.45) is 15.9 Å². The molecule has 3 aromatic rings. The highest BCUT2D eigenvalue weighted by atomic mass is 19.2. The number of hydrogen-bond acceptors (Lipinski definition) is 6. The molecule has 0 unspecified atom stereocenters. The number of nitrogens with two attached hydrogens (primary N) is 1. The van der Waals surface area contributed by atoms with Gasteiger partial charge < -0.3 is 20.6 Å². The van der Waals surface area contributed by atoms with E-state index in [0.717, 1.165) is 38.1 Å². The van der Waals surface area contributed by atoms with Crippen LogP contribution in [0.4, 0.5) is 14.5 Å². The minimum absolute atomic E-state index is 0.0201. The number of aliphatic imine (C=N–C) groups is 1. The largest absolute Gasteiger partial charge is 0.339 e. The SMILES string of the molecule is CN(C)C1CCN(C(=O)c2ccc(N=CC(=NN)c3cc4cc(F)c(F)cc4[nH]c3=O)cc2)CC1. The van der Waals surface area contributed by atoms with Crippen LogP contribution in [0.2, 0.25) is 0 Å². The monoisotopic (exact) mass is 480 g/mol. The first kappa shape index (κ1) is 24.2. The number of pyridine rings is 1. The predicted octanol–water partition coefficient (Wildman–Crippen LogP) is 3.04. The first-order valence-corrected chi connectivity index (χ1v) is 11.2. The number of halogens is 2. The summed E-state index contributed by atoms with van der Waals surface area (Å²) in [4.78, 5) is 36.1. The normalized spacial score (nSPS) is 15.5. The summed E-state index contributed by atoms with van der Waals surface area (Å²) in [5.41, 5.74) is 0.791. The number of nitrogens with zero attached hydrogens (tertiary/aromatic N) is 4. The molecule has 0 radical (unpaired) electrons. The van der Waals surface area contributed by atoms with Gasteiger partial charge in [0.1, 0.15) is 5.71 Å². The Labute approximate surface area is 200 Å². The Morgan fingerprint density at radius 1 is 1.11 bits per heavy atom. The number of benzene rings is 2. The van der Waals surface area contributed by atoms with E-state index < -0.39 is 17.2 Å². The van der Waals surface area contributed by atoms with Crippen LogP contribution < -0.4 is 11.4 Å². The number of hydrazone groups is 1. The molecular formula is C25H26F2N6O2. The molecule has 0 spiro atoms. The van der Waals surface area contributed by atoms with Gasteiger partial charge in [0, 0.05) is 36.1 Å². The van der Waals surface area contributed by atoms with E-state index >= 15 is 0 Å². The Bertz CT molecular complexity index is 1360. The Morgan fingerprint density at radius 3 is 2.40 bits per heavy atom. The van der Waals surface area contributed by atoms with Crippen molar-refractivity contribution in [1.82, 2.24) is 14.8 Å². The molecule has 1 aliphatic heterocycles. The lowest BCUT2D eigenvalue weighted by atomic mass is 10.0. The third kappa shape index (κ3) is 5.27. The zero-order chi connectivity index (χ0) is 25.1. The number of aromatic amines is 1. The maximum atomic E-state index is 13.6. The van der Waals surface area contributed by atoms with Crippen LogP contribution in [0.25, 0.3) is 10.9 Å². The number of carbonyl (C=O) groups excluding carboxylic acids is 1. The fraction of sp³-hybridized carbons (Fsp3) is 0.280. The third-order valence-corrected chi connectivity index (χ3v) is 6.23. The van der Waals surface area contributed by atoms with E-state index in [2.05, 4.69) is 34.1 Å². The Balaban J connectivity index is 1.49. The minimum Gasteiger partial charge on any atom is -0.339 e. The molecule has 10 heteroatoms. The molecule has 1 aliphatic rings. The number of piperidine rings is 1. The van der Waals surface area contributed by atoms with Crippen LogP contribution in [0.5, 0.6) is 0 Å². The molecular weight excluding hydrogens is 454 g/mol. The van der Waals surface area contributed by atoms with Crippen molar-refractivity contribution in [1.29, 1.82) is 0 Å². The Hall–Kier alpha value is -3.92. The molecule has 2 heterocycles. The highest BCUT2D eigenvalue weighted by molar-refractivity contribution is 6.38. The number of hydrogen-bond donors (Lipinski definition) is 2. The summed E-state index contributed by atoms with van der Waals surface area (Å²) in [6, 6.07) is 10.5. The van der Waals surface area contributed by atoms with Gasteiger partial charge in [0.2, 0.25) is 0 Å². The second-order valence-electron chi connectivity index (χ2n) is 8.67. The van der Waals surface area contributed by atoms with Crippen LogP contribution in [-0.2, 0) is 0 Å². The highest BCUT2D eigenvalue weighted by Gasteiger charge is 2.24. The topological polar surface area (TPSA) is 107 Å². The number of aromatic nitrogens is 1. The second-order valence-corrected chi connectivity index (χ2v) is 8.67. The highest BCUT2D eigenvalue weighted by Crippen LogP contribution is 2.20. The van der Waals surface area contributed by atoms with Gasteiger partial charge in [-0.3, -0.25) is 14.6 Å².